The first-order valence-electron chi connectivity index (χ1n) is 8.56. The number of rotatable bonds is 6. The molecular weight excluding hydrogens is 374 g/mol. The van der Waals surface area contributed by atoms with Gasteiger partial charge in [-0.25, -0.2) is 4.98 Å². The Morgan fingerprint density at radius 3 is 2.57 bits per heavy atom. The van der Waals surface area contributed by atoms with Gasteiger partial charge in [0.1, 0.15) is 0 Å². The summed E-state index contributed by atoms with van der Waals surface area (Å²) >= 11 is 1.10. The molecule has 1 N–H and O–H groups in total. The second kappa shape index (κ2) is 7.66. The zero-order chi connectivity index (χ0) is 19.5. The second-order valence-electron chi connectivity index (χ2n) is 6.11. The van der Waals surface area contributed by atoms with E-state index in [2.05, 4.69) is 9.97 Å². The van der Waals surface area contributed by atoms with Crippen LogP contribution in [0.3, 0.4) is 0 Å². The molecule has 0 spiro atoms. The molecule has 0 fully saturated rings. The summed E-state index contributed by atoms with van der Waals surface area (Å²) in [6, 6.07) is 19.7. The maximum absolute atomic E-state index is 13.5. The summed E-state index contributed by atoms with van der Waals surface area (Å²) in [4.78, 5) is 31.6. The molecule has 0 aliphatic carbocycles. The quantitative estimate of drug-likeness (QED) is 0.212. The van der Waals surface area contributed by atoms with Crippen LogP contribution in [0.15, 0.2) is 84.1 Å². The largest absolute Gasteiger partial charge is 0.360 e. The fraction of sp³-hybridized carbons (Fsp3) is 0.0476. The van der Waals surface area contributed by atoms with Gasteiger partial charge in [-0.1, -0.05) is 60.3 Å². The summed E-state index contributed by atoms with van der Waals surface area (Å²) in [5, 5.41) is 11.8. The number of para-hydroxylation sites is 1. The highest BCUT2D eigenvalue weighted by Crippen LogP contribution is 2.41. The van der Waals surface area contributed by atoms with Crippen molar-refractivity contribution < 1.29 is 9.72 Å². The van der Waals surface area contributed by atoms with E-state index >= 15 is 0 Å². The average Bonchev–Trinajstić information content (AvgIpc) is 3.16. The lowest BCUT2D eigenvalue weighted by molar-refractivity contribution is -0.388. The number of pyridine rings is 1. The van der Waals surface area contributed by atoms with Crippen LogP contribution in [0.1, 0.15) is 21.2 Å². The van der Waals surface area contributed by atoms with Crippen LogP contribution in [0.25, 0.3) is 10.9 Å². The number of H-pyrrole nitrogens is 1. The van der Waals surface area contributed by atoms with E-state index in [0.29, 0.717) is 5.56 Å². The third kappa shape index (κ3) is 3.39. The molecule has 2 aromatic heterocycles. The number of carbonyl (C=O) groups is 1. The number of fused-ring (bicyclic) bond motifs is 1. The maximum Gasteiger partial charge on any atom is 0.301 e. The van der Waals surface area contributed by atoms with Crippen LogP contribution in [0.4, 0.5) is 5.69 Å². The Labute approximate surface area is 164 Å². The number of nitro groups is 1. The van der Waals surface area contributed by atoms with E-state index in [9.17, 15) is 14.9 Å². The van der Waals surface area contributed by atoms with E-state index in [-0.39, 0.29) is 16.5 Å². The number of hydrogen-bond donors (Lipinski definition) is 1. The van der Waals surface area contributed by atoms with Crippen LogP contribution in [0, 0.1) is 10.1 Å². The second-order valence-corrected chi connectivity index (χ2v) is 7.20. The Hall–Kier alpha value is -3.45. The average molecular weight is 389 g/mol. The van der Waals surface area contributed by atoms with Crippen LogP contribution >= 0.6 is 11.8 Å². The van der Waals surface area contributed by atoms with Crippen LogP contribution < -0.4 is 0 Å². The Kier molecular flexibility index (Phi) is 4.90. The summed E-state index contributed by atoms with van der Waals surface area (Å²) in [7, 11) is 0. The molecule has 4 rings (SSSR count). The predicted molar refractivity (Wildman–Crippen MR) is 109 cm³/mol. The number of aromatic amines is 1. The van der Waals surface area contributed by atoms with Crippen molar-refractivity contribution in [2.24, 2.45) is 0 Å². The minimum Gasteiger partial charge on any atom is -0.360 e. The summed E-state index contributed by atoms with van der Waals surface area (Å²) < 4.78 is 0. The van der Waals surface area contributed by atoms with Crippen LogP contribution in [-0.4, -0.2) is 20.7 Å². The minimum absolute atomic E-state index is 0.111. The Balaban J connectivity index is 1.79. The highest BCUT2D eigenvalue weighted by atomic mass is 32.2. The van der Waals surface area contributed by atoms with E-state index in [0.717, 1.165) is 28.2 Å². The van der Waals surface area contributed by atoms with Crippen molar-refractivity contribution in [1.82, 2.24) is 9.97 Å². The van der Waals surface area contributed by atoms with Gasteiger partial charge in [-0.05, 0) is 17.7 Å². The zero-order valence-electron chi connectivity index (χ0n) is 14.6. The number of thioether (sulfide) groups is 1. The van der Waals surface area contributed by atoms with Crippen molar-refractivity contribution in [3.8, 4) is 0 Å². The molecule has 2 heterocycles. The third-order valence-electron chi connectivity index (χ3n) is 4.37. The number of carbonyl (C=O) groups excluding carboxylic acids is 1. The first-order chi connectivity index (χ1) is 13.6. The van der Waals surface area contributed by atoms with Gasteiger partial charge in [0, 0.05) is 34.9 Å². The van der Waals surface area contributed by atoms with Crippen molar-refractivity contribution in [2.45, 2.75) is 10.3 Å². The predicted octanol–water partition coefficient (Wildman–Crippen LogP) is 5.19. The highest BCUT2D eigenvalue weighted by molar-refractivity contribution is 8.00. The fourth-order valence-corrected chi connectivity index (χ4v) is 4.18. The van der Waals surface area contributed by atoms with Crippen molar-refractivity contribution in [1.29, 1.82) is 0 Å². The van der Waals surface area contributed by atoms with E-state index in [1.165, 1.54) is 18.3 Å². The minimum atomic E-state index is -0.658. The molecule has 1 atom stereocenters. The van der Waals surface area contributed by atoms with Crippen molar-refractivity contribution in [3.05, 3.63) is 100 Å². The number of hydrogen-bond acceptors (Lipinski definition) is 5. The van der Waals surface area contributed by atoms with Gasteiger partial charge in [-0.15, -0.1) is 0 Å². The Bertz CT molecular complexity index is 1160. The van der Waals surface area contributed by atoms with Crippen LogP contribution in [0.2, 0.25) is 0 Å². The van der Waals surface area contributed by atoms with E-state index in [1.807, 2.05) is 54.6 Å². The zero-order valence-corrected chi connectivity index (χ0v) is 15.4. The molecule has 0 radical (unpaired) electrons. The van der Waals surface area contributed by atoms with Gasteiger partial charge in [-0.3, -0.25) is 14.9 Å². The molecule has 6 nitrogen and oxygen atoms in total. The van der Waals surface area contributed by atoms with Gasteiger partial charge in [0.15, 0.2) is 10.8 Å². The first kappa shape index (κ1) is 17.9. The molecule has 0 saturated carbocycles. The number of benzene rings is 2. The number of nitrogens with one attached hydrogen (secondary N) is 1. The summed E-state index contributed by atoms with van der Waals surface area (Å²) in [6.45, 7) is 0. The number of aromatic nitrogens is 2. The van der Waals surface area contributed by atoms with Crippen LogP contribution in [0.5, 0.6) is 0 Å². The lowest BCUT2D eigenvalue weighted by atomic mass is 10.0. The van der Waals surface area contributed by atoms with Gasteiger partial charge < -0.3 is 4.98 Å². The van der Waals surface area contributed by atoms with Gasteiger partial charge in [0.2, 0.25) is 0 Å². The van der Waals surface area contributed by atoms with E-state index in [1.54, 1.807) is 6.20 Å². The lowest BCUT2D eigenvalue weighted by Crippen LogP contribution is -2.10. The summed E-state index contributed by atoms with van der Waals surface area (Å²) in [5.41, 5.74) is 2.07. The van der Waals surface area contributed by atoms with Gasteiger partial charge in [0.05, 0.1) is 10.2 Å². The number of nitrogens with zero attached hydrogens (tertiary/aromatic N) is 2. The van der Waals surface area contributed by atoms with Gasteiger partial charge in [-0.2, -0.15) is 0 Å². The molecule has 138 valence electrons. The van der Waals surface area contributed by atoms with Crippen molar-refractivity contribution in [3.63, 3.8) is 0 Å². The monoisotopic (exact) mass is 389 g/mol. The molecule has 2 aromatic carbocycles. The van der Waals surface area contributed by atoms with E-state index in [4.69, 9.17) is 0 Å². The maximum atomic E-state index is 13.5. The normalized spacial score (nSPS) is 12.0. The highest BCUT2D eigenvalue weighted by Gasteiger charge is 2.28. The molecule has 28 heavy (non-hydrogen) atoms. The van der Waals surface area contributed by atoms with Gasteiger partial charge >= 0.3 is 5.69 Å². The number of ketones is 1. The molecule has 0 aliphatic heterocycles. The lowest BCUT2D eigenvalue weighted by Gasteiger charge is -2.15. The van der Waals surface area contributed by atoms with Gasteiger partial charge in [0.25, 0.3) is 0 Å². The third-order valence-corrected chi connectivity index (χ3v) is 5.63. The van der Waals surface area contributed by atoms with Crippen molar-refractivity contribution in [2.75, 3.05) is 0 Å². The molecule has 0 amide bonds. The molecule has 0 aliphatic rings. The molecule has 0 saturated heterocycles. The summed E-state index contributed by atoms with van der Waals surface area (Å²) in [6.07, 6.45) is 3.18. The van der Waals surface area contributed by atoms with Crippen LogP contribution in [-0.2, 0) is 0 Å². The first-order valence-corrected chi connectivity index (χ1v) is 9.44. The standard InChI is InChI=1S/C21H15N3O3S/c25-19(16-13-23-17-10-5-4-9-15(16)17)20(14-7-2-1-3-8-14)28-21-18(24(26)27)11-6-12-22-21/h1-13,20,23H/t20-/m1/s1. The fourth-order valence-electron chi connectivity index (χ4n) is 3.04. The molecule has 0 unspecified atom stereocenters. The Morgan fingerprint density at radius 1 is 1.04 bits per heavy atom. The molecule has 0 bridgehead atoms. The molecular formula is C21H15N3O3S. The smallest absolute Gasteiger partial charge is 0.301 e. The topological polar surface area (TPSA) is 88.9 Å². The summed E-state index contributed by atoms with van der Waals surface area (Å²) in [5.74, 6) is -0.131. The van der Waals surface area contributed by atoms with E-state index < -0.39 is 10.2 Å². The number of Topliss-reactive ketones (excluding diaryl/α,β-unsaturated/α-hetero) is 1. The molecule has 7 heteroatoms. The SMILES string of the molecule is O=C(c1c[nH]c2ccccc12)[C@H](Sc1ncccc1[N+](=O)[O-])c1ccccc1. The van der Waals surface area contributed by atoms with Crippen molar-refractivity contribution >= 4 is 34.1 Å². The molecule has 4 aromatic rings. The Morgan fingerprint density at radius 2 is 1.79 bits per heavy atom.